The molecular formula is C14H15N3O2. The lowest BCUT2D eigenvalue weighted by Crippen LogP contribution is -2.28. The van der Waals surface area contributed by atoms with Crippen LogP contribution in [-0.2, 0) is 11.3 Å². The van der Waals surface area contributed by atoms with Crippen molar-refractivity contribution >= 4 is 11.7 Å². The fraction of sp³-hybridized carbons (Fsp3) is 0.214. The third-order valence-electron chi connectivity index (χ3n) is 2.67. The molecule has 0 saturated heterocycles. The predicted octanol–water partition coefficient (Wildman–Crippen LogP) is 1.27. The molecule has 0 aliphatic rings. The Morgan fingerprint density at radius 3 is 2.68 bits per heavy atom. The van der Waals surface area contributed by atoms with Crippen molar-refractivity contribution in [3.05, 3.63) is 54.6 Å². The summed E-state index contributed by atoms with van der Waals surface area (Å²) in [6.45, 7) is 1.13. The van der Waals surface area contributed by atoms with Gasteiger partial charge in [-0.1, -0.05) is 30.3 Å². The van der Waals surface area contributed by atoms with E-state index in [1.54, 1.807) is 36.8 Å². The van der Waals surface area contributed by atoms with Crippen LogP contribution in [-0.4, -0.2) is 27.8 Å². The molecular weight excluding hydrogens is 242 g/mol. The smallest absolute Gasteiger partial charge is 0.227 e. The van der Waals surface area contributed by atoms with Gasteiger partial charge < -0.3 is 9.88 Å². The van der Waals surface area contributed by atoms with Gasteiger partial charge in [0.15, 0.2) is 5.78 Å². The summed E-state index contributed by atoms with van der Waals surface area (Å²) in [5.74, 6) is -0.422. The zero-order valence-electron chi connectivity index (χ0n) is 10.5. The van der Waals surface area contributed by atoms with Crippen LogP contribution in [0.3, 0.4) is 0 Å². The summed E-state index contributed by atoms with van der Waals surface area (Å²) in [6, 6.07) is 8.82. The summed E-state index contributed by atoms with van der Waals surface area (Å²) in [6.07, 6.45) is 5.07. The largest absolute Gasteiger partial charge is 0.354 e. The summed E-state index contributed by atoms with van der Waals surface area (Å²) in [5, 5.41) is 2.71. The zero-order valence-corrected chi connectivity index (χ0v) is 10.5. The minimum atomic E-state index is -0.256. The van der Waals surface area contributed by atoms with E-state index in [0.29, 0.717) is 18.7 Å². The summed E-state index contributed by atoms with van der Waals surface area (Å²) >= 11 is 0. The third kappa shape index (κ3) is 4.06. The first kappa shape index (κ1) is 13.0. The van der Waals surface area contributed by atoms with Crippen LogP contribution < -0.4 is 5.32 Å². The Morgan fingerprint density at radius 2 is 2.00 bits per heavy atom. The van der Waals surface area contributed by atoms with E-state index in [4.69, 9.17) is 0 Å². The Balaban J connectivity index is 1.74. The fourth-order valence-corrected chi connectivity index (χ4v) is 1.68. The molecule has 1 amide bonds. The van der Waals surface area contributed by atoms with Gasteiger partial charge in [0.25, 0.3) is 0 Å². The van der Waals surface area contributed by atoms with Crippen molar-refractivity contribution in [3.63, 3.8) is 0 Å². The first-order valence-electron chi connectivity index (χ1n) is 6.06. The van der Waals surface area contributed by atoms with E-state index >= 15 is 0 Å². The number of amides is 1. The van der Waals surface area contributed by atoms with Gasteiger partial charge in [0.1, 0.15) is 0 Å². The molecule has 0 aliphatic carbocycles. The number of nitrogens with one attached hydrogen (secondary N) is 1. The highest BCUT2D eigenvalue weighted by molar-refractivity contribution is 6.07. The second kappa shape index (κ2) is 6.49. The number of hydrogen-bond acceptors (Lipinski definition) is 3. The molecule has 1 N–H and O–H groups in total. The predicted molar refractivity (Wildman–Crippen MR) is 70.6 cm³/mol. The molecule has 2 rings (SSSR count). The summed E-state index contributed by atoms with van der Waals surface area (Å²) in [7, 11) is 0. The maximum atomic E-state index is 11.8. The molecule has 0 aliphatic heterocycles. The van der Waals surface area contributed by atoms with Gasteiger partial charge in [-0.3, -0.25) is 9.59 Å². The van der Waals surface area contributed by atoms with Crippen molar-refractivity contribution in [2.45, 2.75) is 13.0 Å². The van der Waals surface area contributed by atoms with E-state index in [1.807, 2.05) is 16.8 Å². The standard InChI is InChI=1S/C14H15N3O2/c18-13(12-4-2-1-3-5-12)10-14(19)16-7-9-17-8-6-15-11-17/h1-6,8,11H,7,9-10H2,(H,16,19). The highest BCUT2D eigenvalue weighted by atomic mass is 16.2. The number of ketones is 1. The Hall–Kier alpha value is -2.43. The molecule has 1 aromatic carbocycles. The van der Waals surface area contributed by atoms with Gasteiger partial charge >= 0.3 is 0 Å². The molecule has 0 fully saturated rings. The molecule has 5 heteroatoms. The van der Waals surface area contributed by atoms with Crippen molar-refractivity contribution in [2.24, 2.45) is 0 Å². The van der Waals surface area contributed by atoms with Crippen LogP contribution in [0.2, 0.25) is 0 Å². The van der Waals surface area contributed by atoms with Crippen LogP contribution >= 0.6 is 0 Å². The molecule has 0 saturated carbocycles. The van der Waals surface area contributed by atoms with Crippen LogP contribution in [0.4, 0.5) is 0 Å². The molecule has 98 valence electrons. The molecule has 5 nitrogen and oxygen atoms in total. The molecule has 0 bridgehead atoms. The summed E-state index contributed by atoms with van der Waals surface area (Å²) in [5.41, 5.74) is 0.562. The number of carbonyl (C=O) groups excluding carboxylic acids is 2. The number of hydrogen-bond donors (Lipinski definition) is 1. The van der Waals surface area contributed by atoms with E-state index in [0.717, 1.165) is 0 Å². The quantitative estimate of drug-likeness (QED) is 0.626. The number of carbonyl (C=O) groups is 2. The van der Waals surface area contributed by atoms with Crippen LogP contribution in [0.5, 0.6) is 0 Å². The Labute approximate surface area is 111 Å². The van der Waals surface area contributed by atoms with Gasteiger partial charge in [0, 0.05) is 31.0 Å². The number of benzene rings is 1. The first-order valence-corrected chi connectivity index (χ1v) is 6.06. The van der Waals surface area contributed by atoms with Crippen LogP contribution in [0, 0.1) is 0 Å². The van der Waals surface area contributed by atoms with E-state index in [2.05, 4.69) is 10.3 Å². The monoisotopic (exact) mass is 257 g/mol. The zero-order chi connectivity index (χ0) is 13.5. The molecule has 0 unspecified atom stereocenters. The molecule has 0 atom stereocenters. The molecule has 0 radical (unpaired) electrons. The third-order valence-corrected chi connectivity index (χ3v) is 2.67. The lowest BCUT2D eigenvalue weighted by molar-refractivity contribution is -0.120. The average Bonchev–Trinajstić information content (AvgIpc) is 2.93. The average molecular weight is 257 g/mol. The molecule has 2 aromatic rings. The SMILES string of the molecule is O=C(CC(=O)c1ccccc1)NCCn1ccnc1. The molecule has 1 aromatic heterocycles. The van der Waals surface area contributed by atoms with Crippen molar-refractivity contribution in [3.8, 4) is 0 Å². The van der Waals surface area contributed by atoms with Gasteiger partial charge in [-0.2, -0.15) is 0 Å². The van der Waals surface area contributed by atoms with E-state index in [1.165, 1.54) is 0 Å². The van der Waals surface area contributed by atoms with Crippen molar-refractivity contribution < 1.29 is 9.59 Å². The topological polar surface area (TPSA) is 64.0 Å². The van der Waals surface area contributed by atoms with E-state index in [-0.39, 0.29) is 18.1 Å². The van der Waals surface area contributed by atoms with Crippen molar-refractivity contribution in [2.75, 3.05) is 6.54 Å². The van der Waals surface area contributed by atoms with Crippen molar-refractivity contribution in [1.82, 2.24) is 14.9 Å². The Bertz CT molecular complexity index is 535. The molecule has 19 heavy (non-hydrogen) atoms. The molecule has 0 spiro atoms. The van der Waals surface area contributed by atoms with Gasteiger partial charge in [-0.25, -0.2) is 4.98 Å². The second-order valence-electron chi connectivity index (χ2n) is 4.12. The van der Waals surface area contributed by atoms with E-state index in [9.17, 15) is 9.59 Å². The fourth-order valence-electron chi connectivity index (χ4n) is 1.68. The first-order chi connectivity index (χ1) is 9.25. The second-order valence-corrected chi connectivity index (χ2v) is 4.12. The lowest BCUT2D eigenvalue weighted by Gasteiger charge is -2.05. The van der Waals surface area contributed by atoms with Gasteiger partial charge in [0.2, 0.25) is 5.91 Å². The minimum Gasteiger partial charge on any atom is -0.354 e. The van der Waals surface area contributed by atoms with Crippen LogP contribution in [0.15, 0.2) is 49.1 Å². The number of aromatic nitrogens is 2. The van der Waals surface area contributed by atoms with Gasteiger partial charge in [-0.05, 0) is 0 Å². The molecule has 1 heterocycles. The highest BCUT2D eigenvalue weighted by Gasteiger charge is 2.10. The lowest BCUT2D eigenvalue weighted by atomic mass is 10.1. The maximum Gasteiger partial charge on any atom is 0.227 e. The number of rotatable bonds is 6. The van der Waals surface area contributed by atoms with Gasteiger partial charge in [-0.15, -0.1) is 0 Å². The normalized spacial score (nSPS) is 10.1. The van der Waals surface area contributed by atoms with Crippen molar-refractivity contribution in [1.29, 1.82) is 0 Å². The number of Topliss-reactive ketones (excluding diaryl/α,β-unsaturated/α-hetero) is 1. The van der Waals surface area contributed by atoms with Gasteiger partial charge in [0.05, 0.1) is 12.7 Å². The van der Waals surface area contributed by atoms with Crippen LogP contribution in [0.25, 0.3) is 0 Å². The maximum absolute atomic E-state index is 11.8. The Kier molecular flexibility index (Phi) is 4.44. The Morgan fingerprint density at radius 1 is 1.21 bits per heavy atom. The van der Waals surface area contributed by atoms with Crippen LogP contribution in [0.1, 0.15) is 16.8 Å². The highest BCUT2D eigenvalue weighted by Crippen LogP contribution is 2.02. The summed E-state index contributed by atoms with van der Waals surface area (Å²) in [4.78, 5) is 27.3. The summed E-state index contributed by atoms with van der Waals surface area (Å²) < 4.78 is 1.86. The number of imidazole rings is 1. The number of nitrogens with zero attached hydrogens (tertiary/aromatic N) is 2. The van der Waals surface area contributed by atoms with E-state index < -0.39 is 0 Å². The minimum absolute atomic E-state index is 0.117.